The number of allylic oxidation sites excluding steroid dienone is 1. The van der Waals surface area contributed by atoms with Crippen molar-refractivity contribution in [2.75, 3.05) is 58.3 Å². The standard InChI is InChI=1S/C25H29N3O2/c1-26(2)13-14-27-15-17-28(18-16-27)22-9-7-20(8-10-22)24(29)12-11-23-19-21-5-3-4-6-25(21)30-23/h3-12,19H,13-18H2,1-2H3/b12-11+. The summed E-state index contributed by atoms with van der Waals surface area (Å²) in [6.45, 7) is 6.41. The number of carbonyl (C=O) groups excluding carboxylic acids is 1. The van der Waals surface area contributed by atoms with E-state index in [-0.39, 0.29) is 5.78 Å². The van der Waals surface area contributed by atoms with Crippen molar-refractivity contribution < 1.29 is 9.21 Å². The molecular weight excluding hydrogens is 374 g/mol. The van der Waals surface area contributed by atoms with E-state index in [2.05, 4.69) is 40.9 Å². The SMILES string of the molecule is CN(C)CCN1CCN(c2ccc(C(=O)/C=C/c3cc4ccccc4o3)cc2)CC1. The largest absolute Gasteiger partial charge is 0.457 e. The average molecular weight is 404 g/mol. The Hall–Kier alpha value is -2.89. The lowest BCUT2D eigenvalue weighted by atomic mass is 10.1. The van der Waals surface area contributed by atoms with Gasteiger partial charge in [0.15, 0.2) is 5.78 Å². The van der Waals surface area contributed by atoms with E-state index < -0.39 is 0 Å². The predicted molar refractivity (Wildman–Crippen MR) is 123 cm³/mol. The molecule has 0 spiro atoms. The maximum atomic E-state index is 12.5. The van der Waals surface area contributed by atoms with Gasteiger partial charge in [0.05, 0.1) is 0 Å². The fraction of sp³-hybridized carbons (Fsp3) is 0.320. The summed E-state index contributed by atoms with van der Waals surface area (Å²) in [6.07, 6.45) is 3.32. The highest BCUT2D eigenvalue weighted by molar-refractivity contribution is 6.07. The molecule has 1 saturated heterocycles. The number of hydrogen-bond acceptors (Lipinski definition) is 5. The third-order valence-electron chi connectivity index (χ3n) is 5.60. The number of likely N-dealkylation sites (N-methyl/N-ethyl adjacent to an activating group) is 1. The fourth-order valence-corrected chi connectivity index (χ4v) is 3.75. The monoisotopic (exact) mass is 403 g/mol. The van der Waals surface area contributed by atoms with Gasteiger partial charge >= 0.3 is 0 Å². The maximum absolute atomic E-state index is 12.5. The van der Waals surface area contributed by atoms with Crippen molar-refractivity contribution in [3.8, 4) is 0 Å². The van der Waals surface area contributed by atoms with Crippen LogP contribution in [0.25, 0.3) is 17.0 Å². The van der Waals surface area contributed by atoms with Crippen LogP contribution in [-0.4, -0.2) is 68.9 Å². The molecule has 5 heteroatoms. The first-order valence-corrected chi connectivity index (χ1v) is 10.5. The van der Waals surface area contributed by atoms with Crippen molar-refractivity contribution >= 4 is 28.5 Å². The Bertz CT molecular complexity index is 979. The summed E-state index contributed by atoms with van der Waals surface area (Å²) in [4.78, 5) is 19.7. The van der Waals surface area contributed by atoms with E-state index in [9.17, 15) is 4.79 Å². The molecule has 0 amide bonds. The lowest BCUT2D eigenvalue weighted by Crippen LogP contribution is -2.48. The second-order valence-electron chi connectivity index (χ2n) is 8.06. The molecule has 0 radical (unpaired) electrons. The van der Waals surface area contributed by atoms with Crippen LogP contribution in [0.15, 0.2) is 65.1 Å². The Morgan fingerprint density at radius 3 is 2.47 bits per heavy atom. The highest BCUT2D eigenvalue weighted by atomic mass is 16.3. The molecule has 1 fully saturated rings. The van der Waals surface area contributed by atoms with Crippen LogP contribution in [0, 0.1) is 0 Å². The number of anilines is 1. The van der Waals surface area contributed by atoms with Gasteiger partial charge in [-0.15, -0.1) is 0 Å². The minimum Gasteiger partial charge on any atom is -0.457 e. The molecule has 0 saturated carbocycles. The summed E-state index contributed by atoms with van der Waals surface area (Å²) in [7, 11) is 4.23. The Kier molecular flexibility index (Phi) is 6.31. The zero-order valence-electron chi connectivity index (χ0n) is 17.8. The van der Waals surface area contributed by atoms with E-state index in [4.69, 9.17) is 4.42 Å². The first kappa shape index (κ1) is 20.4. The maximum Gasteiger partial charge on any atom is 0.185 e. The number of ketones is 1. The number of nitrogens with zero attached hydrogens (tertiary/aromatic N) is 3. The lowest BCUT2D eigenvalue weighted by Gasteiger charge is -2.36. The Morgan fingerprint density at radius 2 is 1.77 bits per heavy atom. The van der Waals surface area contributed by atoms with Crippen molar-refractivity contribution in [3.63, 3.8) is 0 Å². The second kappa shape index (κ2) is 9.28. The number of furan rings is 1. The van der Waals surface area contributed by atoms with E-state index in [0.29, 0.717) is 11.3 Å². The van der Waals surface area contributed by atoms with Gasteiger partial charge in [0, 0.05) is 55.9 Å². The van der Waals surface area contributed by atoms with E-state index in [1.807, 2.05) is 42.5 Å². The number of piperazine rings is 1. The topological polar surface area (TPSA) is 39.9 Å². The Morgan fingerprint density at radius 1 is 1.03 bits per heavy atom. The molecule has 5 nitrogen and oxygen atoms in total. The van der Waals surface area contributed by atoms with Gasteiger partial charge in [-0.3, -0.25) is 9.69 Å². The zero-order chi connectivity index (χ0) is 20.9. The van der Waals surface area contributed by atoms with Crippen LogP contribution in [0.2, 0.25) is 0 Å². The molecule has 3 aromatic rings. The van der Waals surface area contributed by atoms with Crippen LogP contribution in [-0.2, 0) is 0 Å². The van der Waals surface area contributed by atoms with Crippen molar-refractivity contribution in [3.05, 3.63) is 72.0 Å². The van der Waals surface area contributed by atoms with Gasteiger partial charge in [0.2, 0.25) is 0 Å². The number of benzene rings is 2. The molecule has 1 aromatic heterocycles. The summed E-state index contributed by atoms with van der Waals surface area (Å²) in [5.41, 5.74) is 2.70. The molecule has 1 aliphatic heterocycles. The Labute approximate surface area is 178 Å². The van der Waals surface area contributed by atoms with E-state index in [1.165, 1.54) is 5.69 Å². The smallest absolute Gasteiger partial charge is 0.185 e. The molecule has 30 heavy (non-hydrogen) atoms. The third kappa shape index (κ3) is 4.99. The van der Waals surface area contributed by atoms with Gasteiger partial charge in [0.25, 0.3) is 0 Å². The molecule has 0 aliphatic carbocycles. The first-order valence-electron chi connectivity index (χ1n) is 10.5. The number of para-hydroxylation sites is 1. The summed E-state index contributed by atoms with van der Waals surface area (Å²) in [5.74, 6) is 0.670. The zero-order valence-corrected chi connectivity index (χ0v) is 17.8. The van der Waals surface area contributed by atoms with E-state index in [1.54, 1.807) is 12.2 Å². The van der Waals surface area contributed by atoms with Crippen molar-refractivity contribution in [2.24, 2.45) is 0 Å². The van der Waals surface area contributed by atoms with Crippen LogP contribution in [0.4, 0.5) is 5.69 Å². The predicted octanol–water partition coefficient (Wildman–Crippen LogP) is 4.01. The van der Waals surface area contributed by atoms with Crippen LogP contribution >= 0.6 is 0 Å². The van der Waals surface area contributed by atoms with Crippen molar-refractivity contribution in [1.29, 1.82) is 0 Å². The number of rotatable bonds is 7. The molecule has 0 atom stereocenters. The van der Waals surface area contributed by atoms with Crippen LogP contribution < -0.4 is 4.90 Å². The minimum atomic E-state index is -0.0180. The van der Waals surface area contributed by atoms with Crippen LogP contribution in [0.5, 0.6) is 0 Å². The highest BCUT2D eigenvalue weighted by Gasteiger charge is 2.17. The normalized spacial score (nSPS) is 15.5. The van der Waals surface area contributed by atoms with Gasteiger partial charge in [0.1, 0.15) is 11.3 Å². The number of hydrogen-bond donors (Lipinski definition) is 0. The molecule has 0 unspecified atom stereocenters. The van der Waals surface area contributed by atoms with Gasteiger partial charge < -0.3 is 14.2 Å². The number of carbonyl (C=O) groups is 1. The molecule has 2 heterocycles. The second-order valence-corrected chi connectivity index (χ2v) is 8.06. The molecule has 4 rings (SSSR count). The van der Waals surface area contributed by atoms with Crippen molar-refractivity contribution in [2.45, 2.75) is 0 Å². The first-order chi connectivity index (χ1) is 14.6. The van der Waals surface area contributed by atoms with Gasteiger partial charge in [-0.2, -0.15) is 0 Å². The highest BCUT2D eigenvalue weighted by Crippen LogP contribution is 2.21. The summed E-state index contributed by atoms with van der Waals surface area (Å²) in [6, 6.07) is 17.7. The number of fused-ring (bicyclic) bond motifs is 1. The van der Waals surface area contributed by atoms with Gasteiger partial charge in [-0.05, 0) is 62.6 Å². The third-order valence-corrected chi connectivity index (χ3v) is 5.60. The molecule has 2 aromatic carbocycles. The molecule has 1 aliphatic rings. The summed E-state index contributed by atoms with van der Waals surface area (Å²) >= 11 is 0. The van der Waals surface area contributed by atoms with E-state index in [0.717, 1.165) is 50.2 Å². The van der Waals surface area contributed by atoms with Crippen LogP contribution in [0.3, 0.4) is 0 Å². The molecular formula is C25H29N3O2. The average Bonchev–Trinajstić information content (AvgIpc) is 3.19. The van der Waals surface area contributed by atoms with Gasteiger partial charge in [-0.25, -0.2) is 0 Å². The van der Waals surface area contributed by atoms with Gasteiger partial charge in [-0.1, -0.05) is 18.2 Å². The Balaban J connectivity index is 1.33. The summed E-state index contributed by atoms with van der Waals surface area (Å²) in [5, 5.41) is 1.04. The fourth-order valence-electron chi connectivity index (χ4n) is 3.75. The molecule has 0 bridgehead atoms. The summed E-state index contributed by atoms with van der Waals surface area (Å²) < 4.78 is 5.74. The van der Waals surface area contributed by atoms with E-state index >= 15 is 0 Å². The quantitative estimate of drug-likeness (QED) is 0.440. The lowest BCUT2D eigenvalue weighted by molar-refractivity contribution is 0.104. The van der Waals surface area contributed by atoms with Crippen molar-refractivity contribution in [1.82, 2.24) is 9.80 Å². The van der Waals surface area contributed by atoms with Crippen LogP contribution in [0.1, 0.15) is 16.1 Å². The molecule has 156 valence electrons. The minimum absolute atomic E-state index is 0.0180. The molecule has 0 N–H and O–H groups in total.